The summed E-state index contributed by atoms with van der Waals surface area (Å²) in [4.78, 5) is 11.2. The summed E-state index contributed by atoms with van der Waals surface area (Å²) in [5.74, 6) is 0.196. The van der Waals surface area contributed by atoms with Crippen molar-refractivity contribution in [1.29, 1.82) is 0 Å². The van der Waals surface area contributed by atoms with Gasteiger partial charge in [-0.05, 0) is 13.3 Å². The summed E-state index contributed by atoms with van der Waals surface area (Å²) in [6.45, 7) is 3.67. The second-order valence-electron chi connectivity index (χ2n) is 3.41. The molecule has 1 amide bonds. The molecule has 1 aliphatic heterocycles. The highest BCUT2D eigenvalue weighted by atomic mass is 16.2. The average Bonchev–Trinajstić information content (AvgIpc) is 1.98. The molecule has 0 aliphatic carbocycles. The molecule has 0 saturated carbocycles. The Kier molecular flexibility index (Phi) is 3.05. The molecular formula is C8H17N3O. The van der Waals surface area contributed by atoms with Gasteiger partial charge in [-0.15, -0.1) is 0 Å². The number of hydrogen-bond donors (Lipinski definition) is 1. The van der Waals surface area contributed by atoms with Crippen molar-refractivity contribution in [2.45, 2.75) is 25.8 Å². The van der Waals surface area contributed by atoms with Gasteiger partial charge < -0.3 is 5.73 Å². The lowest BCUT2D eigenvalue weighted by molar-refractivity contribution is -0.151. The minimum atomic E-state index is 0.123. The lowest BCUT2D eigenvalue weighted by atomic mass is 10.2. The number of carbonyl (C=O) groups is 1. The zero-order valence-corrected chi connectivity index (χ0v) is 7.79. The largest absolute Gasteiger partial charge is 0.327 e. The molecular weight excluding hydrogens is 154 g/mol. The summed E-state index contributed by atoms with van der Waals surface area (Å²) in [6.07, 6.45) is 1.63. The SMILES string of the molecule is CC(N)CN1CCCC(=O)N1C. The average molecular weight is 171 g/mol. The van der Waals surface area contributed by atoms with Crippen LogP contribution in [-0.4, -0.2) is 42.1 Å². The van der Waals surface area contributed by atoms with Gasteiger partial charge in [0.05, 0.1) is 0 Å². The molecule has 1 atom stereocenters. The van der Waals surface area contributed by atoms with Crippen molar-refractivity contribution in [3.8, 4) is 0 Å². The predicted molar refractivity (Wildman–Crippen MR) is 47.2 cm³/mol. The Bertz CT molecular complexity index is 170. The number of hydrazine groups is 1. The molecule has 70 valence electrons. The molecule has 1 fully saturated rings. The fraction of sp³-hybridized carbons (Fsp3) is 0.875. The maximum Gasteiger partial charge on any atom is 0.236 e. The first kappa shape index (κ1) is 9.48. The molecule has 0 radical (unpaired) electrons. The van der Waals surface area contributed by atoms with Crippen molar-refractivity contribution in [1.82, 2.24) is 10.0 Å². The number of amides is 1. The van der Waals surface area contributed by atoms with Crippen molar-refractivity contribution >= 4 is 5.91 Å². The first-order chi connectivity index (χ1) is 5.61. The molecule has 2 N–H and O–H groups in total. The Morgan fingerprint density at radius 2 is 2.33 bits per heavy atom. The third-order valence-corrected chi connectivity index (χ3v) is 2.09. The van der Waals surface area contributed by atoms with Gasteiger partial charge in [-0.25, -0.2) is 5.01 Å². The summed E-state index contributed by atoms with van der Waals surface area (Å²) in [5, 5.41) is 3.70. The number of nitrogens with two attached hydrogens (primary N) is 1. The van der Waals surface area contributed by atoms with E-state index in [0.717, 1.165) is 19.5 Å². The molecule has 4 nitrogen and oxygen atoms in total. The Balaban J connectivity index is 2.46. The minimum Gasteiger partial charge on any atom is -0.327 e. The smallest absolute Gasteiger partial charge is 0.236 e. The number of rotatable bonds is 2. The quantitative estimate of drug-likeness (QED) is 0.626. The van der Waals surface area contributed by atoms with Crippen molar-refractivity contribution < 1.29 is 4.79 Å². The maximum atomic E-state index is 11.2. The van der Waals surface area contributed by atoms with Gasteiger partial charge in [0.25, 0.3) is 0 Å². The van der Waals surface area contributed by atoms with Crippen LogP contribution in [0, 0.1) is 0 Å². The van der Waals surface area contributed by atoms with Crippen LogP contribution in [0.1, 0.15) is 19.8 Å². The van der Waals surface area contributed by atoms with E-state index in [4.69, 9.17) is 5.73 Å². The van der Waals surface area contributed by atoms with E-state index in [0.29, 0.717) is 6.42 Å². The van der Waals surface area contributed by atoms with Gasteiger partial charge in [0, 0.05) is 32.6 Å². The summed E-state index contributed by atoms with van der Waals surface area (Å²) < 4.78 is 0. The first-order valence-electron chi connectivity index (χ1n) is 4.38. The minimum absolute atomic E-state index is 0.123. The normalized spacial score (nSPS) is 22.9. The van der Waals surface area contributed by atoms with Crippen LogP contribution in [0.15, 0.2) is 0 Å². The molecule has 0 bridgehead atoms. The van der Waals surface area contributed by atoms with Gasteiger partial charge in [0.1, 0.15) is 0 Å². The van der Waals surface area contributed by atoms with Crippen LogP contribution >= 0.6 is 0 Å². The Hall–Kier alpha value is -0.610. The zero-order chi connectivity index (χ0) is 9.14. The van der Waals surface area contributed by atoms with Crippen LogP contribution in [0.3, 0.4) is 0 Å². The molecule has 0 aromatic carbocycles. The zero-order valence-electron chi connectivity index (χ0n) is 7.79. The molecule has 0 aromatic rings. The van der Waals surface area contributed by atoms with Crippen LogP contribution in [0.4, 0.5) is 0 Å². The van der Waals surface area contributed by atoms with E-state index < -0.39 is 0 Å². The maximum absolute atomic E-state index is 11.2. The highest BCUT2D eigenvalue weighted by Crippen LogP contribution is 2.09. The van der Waals surface area contributed by atoms with E-state index in [-0.39, 0.29) is 11.9 Å². The monoisotopic (exact) mass is 171 g/mol. The lowest BCUT2D eigenvalue weighted by Gasteiger charge is -2.36. The van der Waals surface area contributed by atoms with E-state index >= 15 is 0 Å². The fourth-order valence-corrected chi connectivity index (χ4v) is 1.43. The first-order valence-corrected chi connectivity index (χ1v) is 4.38. The molecule has 4 heteroatoms. The molecule has 1 rings (SSSR count). The number of nitrogens with zero attached hydrogens (tertiary/aromatic N) is 2. The summed E-state index contributed by atoms with van der Waals surface area (Å²) in [6, 6.07) is 0.123. The molecule has 1 heterocycles. The van der Waals surface area contributed by atoms with Gasteiger partial charge in [-0.3, -0.25) is 9.80 Å². The van der Waals surface area contributed by atoms with Crippen LogP contribution in [-0.2, 0) is 4.79 Å². The molecule has 1 aliphatic rings. The molecule has 1 saturated heterocycles. The predicted octanol–water partition coefficient (Wildman–Crippen LogP) is -0.197. The number of carbonyl (C=O) groups excluding carboxylic acids is 1. The third kappa shape index (κ3) is 2.19. The molecule has 0 spiro atoms. The van der Waals surface area contributed by atoms with Gasteiger partial charge in [-0.1, -0.05) is 0 Å². The molecule has 0 aromatic heterocycles. The molecule has 12 heavy (non-hydrogen) atoms. The van der Waals surface area contributed by atoms with Gasteiger partial charge in [0.2, 0.25) is 5.91 Å². The van der Waals surface area contributed by atoms with Gasteiger partial charge in [-0.2, -0.15) is 0 Å². The van der Waals surface area contributed by atoms with E-state index in [1.54, 1.807) is 5.01 Å². The standard InChI is InChI=1S/C8H17N3O/c1-7(9)6-11-5-3-4-8(12)10(11)2/h7H,3-6,9H2,1-2H3. The Morgan fingerprint density at radius 3 is 2.92 bits per heavy atom. The van der Waals surface area contributed by atoms with Crippen LogP contribution in [0.25, 0.3) is 0 Å². The third-order valence-electron chi connectivity index (χ3n) is 2.09. The highest BCUT2D eigenvalue weighted by Gasteiger charge is 2.22. The summed E-state index contributed by atoms with van der Waals surface area (Å²) >= 11 is 0. The summed E-state index contributed by atoms with van der Waals surface area (Å²) in [5.41, 5.74) is 5.65. The highest BCUT2D eigenvalue weighted by molar-refractivity contribution is 5.75. The van der Waals surface area contributed by atoms with Crippen LogP contribution in [0.5, 0.6) is 0 Å². The van der Waals surface area contributed by atoms with Crippen LogP contribution in [0.2, 0.25) is 0 Å². The van der Waals surface area contributed by atoms with Crippen molar-refractivity contribution in [2.24, 2.45) is 5.73 Å². The van der Waals surface area contributed by atoms with Gasteiger partial charge >= 0.3 is 0 Å². The Morgan fingerprint density at radius 1 is 1.67 bits per heavy atom. The second kappa shape index (κ2) is 3.87. The van der Waals surface area contributed by atoms with Gasteiger partial charge in [0.15, 0.2) is 0 Å². The van der Waals surface area contributed by atoms with Crippen molar-refractivity contribution in [3.05, 3.63) is 0 Å². The molecule has 1 unspecified atom stereocenters. The number of hydrogen-bond acceptors (Lipinski definition) is 3. The summed E-state index contributed by atoms with van der Waals surface area (Å²) in [7, 11) is 1.81. The van der Waals surface area contributed by atoms with E-state index in [9.17, 15) is 4.79 Å². The fourth-order valence-electron chi connectivity index (χ4n) is 1.43. The lowest BCUT2D eigenvalue weighted by Crippen LogP contribution is -2.51. The van der Waals surface area contributed by atoms with Crippen molar-refractivity contribution in [2.75, 3.05) is 20.1 Å². The Labute approximate surface area is 73.3 Å². The van der Waals surface area contributed by atoms with E-state index in [1.807, 2.05) is 19.0 Å². The van der Waals surface area contributed by atoms with Crippen LogP contribution < -0.4 is 5.73 Å². The van der Waals surface area contributed by atoms with E-state index in [1.165, 1.54) is 0 Å². The topological polar surface area (TPSA) is 49.6 Å². The second-order valence-corrected chi connectivity index (χ2v) is 3.41. The van der Waals surface area contributed by atoms with Crippen molar-refractivity contribution in [3.63, 3.8) is 0 Å². The van der Waals surface area contributed by atoms with E-state index in [2.05, 4.69) is 0 Å².